The van der Waals surface area contributed by atoms with E-state index in [0.29, 0.717) is 5.56 Å². The van der Waals surface area contributed by atoms with Crippen molar-refractivity contribution in [3.63, 3.8) is 0 Å². The van der Waals surface area contributed by atoms with Crippen LogP contribution in [0.3, 0.4) is 0 Å². The molecule has 1 aromatic carbocycles. The van der Waals surface area contributed by atoms with Gasteiger partial charge in [-0.1, -0.05) is 6.07 Å². The molecule has 4 heteroatoms. The minimum atomic E-state index is 0.0726. The Balaban J connectivity index is 1.96. The predicted octanol–water partition coefficient (Wildman–Crippen LogP) is 2.22. The van der Waals surface area contributed by atoms with Gasteiger partial charge in [-0.2, -0.15) is 5.26 Å². The fourth-order valence-electron chi connectivity index (χ4n) is 2.70. The maximum Gasteiger partial charge on any atom is 0.169 e. The molecule has 0 saturated carbocycles. The van der Waals surface area contributed by atoms with Crippen molar-refractivity contribution in [2.24, 2.45) is 5.92 Å². The van der Waals surface area contributed by atoms with E-state index in [4.69, 9.17) is 5.26 Å². The van der Waals surface area contributed by atoms with Gasteiger partial charge < -0.3 is 10.3 Å². The number of fused-ring (bicyclic) bond motifs is 1. The van der Waals surface area contributed by atoms with Gasteiger partial charge in [-0.25, -0.2) is 0 Å². The third-order valence-electron chi connectivity index (χ3n) is 3.74. The molecule has 1 fully saturated rings. The second-order valence-electron chi connectivity index (χ2n) is 4.98. The van der Waals surface area contributed by atoms with Crippen molar-refractivity contribution in [3.8, 4) is 6.07 Å². The molecular weight excluding hydrogens is 238 g/mol. The zero-order valence-corrected chi connectivity index (χ0v) is 10.6. The van der Waals surface area contributed by atoms with E-state index in [1.165, 1.54) is 0 Å². The zero-order valence-electron chi connectivity index (χ0n) is 10.6. The van der Waals surface area contributed by atoms with Crippen LogP contribution in [0, 0.1) is 17.2 Å². The van der Waals surface area contributed by atoms with Crippen LogP contribution >= 0.6 is 0 Å². The largest absolute Gasteiger partial charge is 0.360 e. The molecule has 19 heavy (non-hydrogen) atoms. The quantitative estimate of drug-likeness (QED) is 0.806. The Hall–Kier alpha value is -2.12. The van der Waals surface area contributed by atoms with Gasteiger partial charge in [0.1, 0.15) is 0 Å². The van der Waals surface area contributed by atoms with Crippen molar-refractivity contribution in [2.75, 3.05) is 13.1 Å². The molecule has 3 rings (SSSR count). The second kappa shape index (κ2) is 4.87. The van der Waals surface area contributed by atoms with Crippen LogP contribution in [0.4, 0.5) is 0 Å². The highest BCUT2D eigenvalue weighted by atomic mass is 16.1. The van der Waals surface area contributed by atoms with Crippen LogP contribution < -0.4 is 5.32 Å². The number of ketones is 1. The van der Waals surface area contributed by atoms with E-state index in [1.807, 2.05) is 6.07 Å². The zero-order chi connectivity index (χ0) is 13.2. The number of piperidine rings is 1. The molecule has 0 aliphatic carbocycles. The van der Waals surface area contributed by atoms with E-state index in [9.17, 15) is 4.79 Å². The number of aromatic amines is 1. The molecule has 1 aromatic heterocycles. The standard InChI is InChI=1S/C15H15N3O/c16-7-10-3-4-12-13(9-18-14(12)6-10)15(19)11-2-1-5-17-8-11/h3-4,6,9,11,17-18H,1-2,5,8H2. The maximum absolute atomic E-state index is 12.5. The Morgan fingerprint density at radius 1 is 1.42 bits per heavy atom. The molecule has 0 amide bonds. The van der Waals surface area contributed by atoms with E-state index >= 15 is 0 Å². The number of H-pyrrole nitrogens is 1. The summed E-state index contributed by atoms with van der Waals surface area (Å²) in [7, 11) is 0. The topological polar surface area (TPSA) is 68.7 Å². The highest BCUT2D eigenvalue weighted by Gasteiger charge is 2.24. The third kappa shape index (κ3) is 2.13. The first-order valence-electron chi connectivity index (χ1n) is 6.56. The van der Waals surface area contributed by atoms with Crippen molar-refractivity contribution in [1.82, 2.24) is 10.3 Å². The predicted molar refractivity (Wildman–Crippen MR) is 72.9 cm³/mol. The molecule has 0 bridgehead atoms. The lowest BCUT2D eigenvalue weighted by Gasteiger charge is -2.21. The van der Waals surface area contributed by atoms with Crippen molar-refractivity contribution in [1.29, 1.82) is 5.26 Å². The number of benzene rings is 1. The number of carbonyl (C=O) groups excluding carboxylic acids is 1. The molecule has 0 radical (unpaired) electrons. The maximum atomic E-state index is 12.5. The minimum absolute atomic E-state index is 0.0726. The molecule has 1 atom stereocenters. The summed E-state index contributed by atoms with van der Waals surface area (Å²) in [6.07, 6.45) is 3.77. The van der Waals surface area contributed by atoms with Crippen LogP contribution in [0.25, 0.3) is 10.9 Å². The van der Waals surface area contributed by atoms with E-state index in [2.05, 4.69) is 16.4 Å². The molecule has 2 heterocycles. The summed E-state index contributed by atoms with van der Waals surface area (Å²) in [4.78, 5) is 15.6. The molecule has 1 unspecified atom stereocenters. The average Bonchev–Trinajstić information content (AvgIpc) is 2.90. The van der Waals surface area contributed by atoms with Gasteiger partial charge in [0.25, 0.3) is 0 Å². The van der Waals surface area contributed by atoms with Gasteiger partial charge in [-0.3, -0.25) is 4.79 Å². The first-order valence-corrected chi connectivity index (χ1v) is 6.56. The van der Waals surface area contributed by atoms with Crippen molar-refractivity contribution in [2.45, 2.75) is 12.8 Å². The Bertz CT molecular complexity index is 660. The van der Waals surface area contributed by atoms with E-state index in [0.717, 1.165) is 42.4 Å². The van der Waals surface area contributed by atoms with Crippen molar-refractivity contribution in [3.05, 3.63) is 35.5 Å². The fraction of sp³-hybridized carbons (Fsp3) is 0.333. The Kier molecular flexibility index (Phi) is 3.06. The van der Waals surface area contributed by atoms with Crippen LogP contribution in [0.15, 0.2) is 24.4 Å². The molecule has 1 aliphatic heterocycles. The van der Waals surface area contributed by atoms with Crippen LogP contribution in [0.5, 0.6) is 0 Å². The van der Waals surface area contributed by atoms with Crippen molar-refractivity contribution < 1.29 is 4.79 Å². The Labute approximate surface area is 111 Å². The summed E-state index contributed by atoms with van der Waals surface area (Å²) in [5, 5.41) is 13.1. The van der Waals surface area contributed by atoms with Crippen LogP contribution in [0.2, 0.25) is 0 Å². The molecule has 1 saturated heterocycles. The Morgan fingerprint density at radius 2 is 2.32 bits per heavy atom. The van der Waals surface area contributed by atoms with Gasteiger partial charge >= 0.3 is 0 Å². The molecule has 2 aromatic rings. The lowest BCUT2D eigenvalue weighted by atomic mass is 9.91. The van der Waals surface area contributed by atoms with Crippen LogP contribution in [-0.2, 0) is 0 Å². The van der Waals surface area contributed by atoms with E-state index in [1.54, 1.807) is 18.3 Å². The van der Waals surface area contributed by atoms with E-state index in [-0.39, 0.29) is 11.7 Å². The van der Waals surface area contributed by atoms with Gasteiger partial charge in [0.15, 0.2) is 5.78 Å². The molecule has 1 aliphatic rings. The SMILES string of the molecule is N#Cc1ccc2c(C(=O)C3CCCNC3)c[nH]c2c1. The summed E-state index contributed by atoms with van der Waals surface area (Å²) in [6, 6.07) is 7.50. The number of nitrogens with one attached hydrogen (secondary N) is 2. The molecular formula is C15H15N3O. The fourth-order valence-corrected chi connectivity index (χ4v) is 2.70. The molecule has 4 nitrogen and oxygen atoms in total. The monoisotopic (exact) mass is 253 g/mol. The number of aromatic nitrogens is 1. The minimum Gasteiger partial charge on any atom is -0.360 e. The molecule has 2 N–H and O–H groups in total. The summed E-state index contributed by atoms with van der Waals surface area (Å²) < 4.78 is 0. The Morgan fingerprint density at radius 3 is 3.05 bits per heavy atom. The van der Waals surface area contributed by atoms with Crippen LogP contribution in [0.1, 0.15) is 28.8 Å². The lowest BCUT2D eigenvalue weighted by Crippen LogP contribution is -2.34. The summed E-state index contributed by atoms with van der Waals surface area (Å²) >= 11 is 0. The van der Waals surface area contributed by atoms with Gasteiger partial charge in [0.05, 0.1) is 11.6 Å². The normalized spacial score (nSPS) is 19.2. The first-order chi connectivity index (χ1) is 9.29. The number of Topliss-reactive ketones (excluding diaryl/α,β-unsaturated/α-hetero) is 1. The highest BCUT2D eigenvalue weighted by Crippen LogP contribution is 2.24. The molecule has 96 valence electrons. The highest BCUT2D eigenvalue weighted by molar-refractivity contribution is 6.09. The van der Waals surface area contributed by atoms with Gasteiger partial charge in [0.2, 0.25) is 0 Å². The number of carbonyl (C=O) groups is 1. The van der Waals surface area contributed by atoms with Crippen molar-refractivity contribution >= 4 is 16.7 Å². The average molecular weight is 253 g/mol. The number of hydrogen-bond acceptors (Lipinski definition) is 3. The summed E-state index contributed by atoms with van der Waals surface area (Å²) in [6.45, 7) is 1.77. The van der Waals surface area contributed by atoms with E-state index < -0.39 is 0 Å². The molecule has 0 spiro atoms. The third-order valence-corrected chi connectivity index (χ3v) is 3.74. The lowest BCUT2D eigenvalue weighted by molar-refractivity contribution is 0.0901. The number of nitriles is 1. The van der Waals surface area contributed by atoms with Gasteiger partial charge in [-0.15, -0.1) is 0 Å². The second-order valence-corrected chi connectivity index (χ2v) is 4.98. The number of hydrogen-bond donors (Lipinski definition) is 2. The first kappa shape index (κ1) is 11.9. The summed E-state index contributed by atoms with van der Waals surface area (Å²) in [5.74, 6) is 0.270. The van der Waals surface area contributed by atoms with Crippen LogP contribution in [-0.4, -0.2) is 23.9 Å². The number of rotatable bonds is 2. The summed E-state index contributed by atoms with van der Waals surface area (Å²) in [5.41, 5.74) is 2.20. The van der Waals surface area contributed by atoms with Gasteiger partial charge in [0, 0.05) is 35.1 Å². The smallest absolute Gasteiger partial charge is 0.169 e. The van der Waals surface area contributed by atoms with Gasteiger partial charge in [-0.05, 0) is 31.5 Å². The number of nitrogens with zero attached hydrogens (tertiary/aromatic N) is 1.